The van der Waals surface area contributed by atoms with E-state index >= 15 is 0 Å². The molecule has 0 aliphatic rings. The van der Waals surface area contributed by atoms with Gasteiger partial charge >= 0.3 is 11.9 Å². The summed E-state index contributed by atoms with van der Waals surface area (Å²) in [5.74, 6) is -2.37. The Labute approximate surface area is 184 Å². The van der Waals surface area contributed by atoms with E-state index in [1.54, 1.807) is 49.4 Å². The van der Waals surface area contributed by atoms with Crippen LogP contribution in [0.25, 0.3) is 5.69 Å². The van der Waals surface area contributed by atoms with E-state index in [0.29, 0.717) is 11.3 Å². The largest absolute Gasteiger partial charge is 0.461 e. The number of carbonyl (C=O) groups is 2. The van der Waals surface area contributed by atoms with E-state index in [4.69, 9.17) is 9.47 Å². The van der Waals surface area contributed by atoms with E-state index in [1.165, 1.54) is 11.6 Å². The Morgan fingerprint density at radius 1 is 1.12 bits per heavy atom. The van der Waals surface area contributed by atoms with Gasteiger partial charge in [0.15, 0.2) is 5.69 Å². The van der Waals surface area contributed by atoms with E-state index in [2.05, 4.69) is 5.10 Å². The van der Waals surface area contributed by atoms with Crippen LogP contribution >= 0.6 is 0 Å². The zero-order chi connectivity index (χ0) is 23.3. The molecule has 3 rings (SSSR count). The van der Waals surface area contributed by atoms with Crippen molar-refractivity contribution in [2.24, 2.45) is 0 Å². The molecule has 0 spiro atoms. The first-order chi connectivity index (χ1) is 15.3. The molecule has 0 aliphatic heterocycles. The fourth-order valence-corrected chi connectivity index (χ4v) is 3.37. The maximum atomic E-state index is 12.8. The molecule has 1 aromatic heterocycles. The van der Waals surface area contributed by atoms with Crippen molar-refractivity contribution in [3.8, 4) is 11.6 Å². The molecule has 0 N–H and O–H groups in total. The van der Waals surface area contributed by atoms with Gasteiger partial charge in [-0.3, -0.25) is 14.9 Å². The van der Waals surface area contributed by atoms with Crippen molar-refractivity contribution in [3.05, 3.63) is 87.1 Å². The molecule has 0 bridgehead atoms. The van der Waals surface area contributed by atoms with Gasteiger partial charge in [-0.15, -0.1) is 0 Å². The minimum Gasteiger partial charge on any atom is -0.461 e. The Morgan fingerprint density at radius 2 is 1.78 bits per heavy atom. The Kier molecular flexibility index (Phi) is 6.99. The molecular weight excluding hydrogens is 414 g/mol. The molecule has 9 heteroatoms. The number of nitrogens with zero attached hydrogens (tertiary/aromatic N) is 3. The maximum Gasteiger partial charge on any atom is 0.359 e. The lowest BCUT2D eigenvalue weighted by Gasteiger charge is -2.16. The van der Waals surface area contributed by atoms with E-state index in [-0.39, 0.29) is 23.7 Å². The van der Waals surface area contributed by atoms with Crippen LogP contribution < -0.4 is 4.74 Å². The van der Waals surface area contributed by atoms with Gasteiger partial charge in [-0.1, -0.05) is 48.0 Å². The monoisotopic (exact) mass is 437 g/mol. The molecule has 32 heavy (non-hydrogen) atoms. The average Bonchev–Trinajstić information content (AvgIpc) is 3.11. The number of nitro groups is 1. The fourth-order valence-electron chi connectivity index (χ4n) is 3.37. The summed E-state index contributed by atoms with van der Waals surface area (Å²) in [6, 6.07) is 15.9. The average molecular weight is 437 g/mol. The lowest BCUT2D eigenvalue weighted by molar-refractivity contribution is -0.481. The molecule has 0 aliphatic carbocycles. The molecule has 0 amide bonds. The van der Waals surface area contributed by atoms with Crippen LogP contribution in [-0.4, -0.2) is 39.8 Å². The van der Waals surface area contributed by atoms with Gasteiger partial charge in [0.1, 0.15) is 0 Å². The van der Waals surface area contributed by atoms with Crippen molar-refractivity contribution < 1.29 is 24.0 Å². The third-order valence-electron chi connectivity index (χ3n) is 4.75. The van der Waals surface area contributed by atoms with E-state index < -0.39 is 29.3 Å². The van der Waals surface area contributed by atoms with Crippen LogP contribution in [0.4, 0.5) is 0 Å². The molecule has 0 unspecified atom stereocenters. The molecule has 0 saturated heterocycles. The van der Waals surface area contributed by atoms with E-state index in [9.17, 15) is 19.7 Å². The van der Waals surface area contributed by atoms with Crippen molar-refractivity contribution in [1.29, 1.82) is 0 Å². The van der Waals surface area contributed by atoms with Crippen LogP contribution in [0.15, 0.2) is 54.6 Å². The number of hydrogen-bond donors (Lipinski definition) is 0. The number of ether oxygens (including phenoxy) is 2. The predicted molar refractivity (Wildman–Crippen MR) is 116 cm³/mol. The van der Waals surface area contributed by atoms with Gasteiger partial charge in [-0.2, -0.15) is 9.78 Å². The van der Waals surface area contributed by atoms with Crippen molar-refractivity contribution in [2.75, 3.05) is 13.2 Å². The lowest BCUT2D eigenvalue weighted by Crippen LogP contribution is -2.19. The molecule has 0 saturated carbocycles. The van der Waals surface area contributed by atoms with Crippen LogP contribution in [0.3, 0.4) is 0 Å². The zero-order valence-electron chi connectivity index (χ0n) is 18.0. The van der Waals surface area contributed by atoms with Gasteiger partial charge in [0.2, 0.25) is 12.4 Å². The minimum absolute atomic E-state index is 0.0555. The smallest absolute Gasteiger partial charge is 0.359 e. The van der Waals surface area contributed by atoms with Gasteiger partial charge in [-0.25, -0.2) is 4.79 Å². The lowest BCUT2D eigenvalue weighted by atomic mass is 9.91. The summed E-state index contributed by atoms with van der Waals surface area (Å²) in [5, 5.41) is 15.9. The highest BCUT2D eigenvalue weighted by Gasteiger charge is 2.35. The highest BCUT2D eigenvalue weighted by Crippen LogP contribution is 2.37. The summed E-state index contributed by atoms with van der Waals surface area (Å²) in [4.78, 5) is 35.9. The summed E-state index contributed by atoms with van der Waals surface area (Å²) >= 11 is 0. The van der Waals surface area contributed by atoms with Crippen LogP contribution in [0.5, 0.6) is 5.88 Å². The minimum atomic E-state index is -0.904. The summed E-state index contributed by atoms with van der Waals surface area (Å²) in [7, 11) is 0. The Hall–Kier alpha value is -4.01. The van der Waals surface area contributed by atoms with Gasteiger partial charge in [0, 0.05) is 11.8 Å². The number of aryl methyl sites for hydroxylation is 1. The van der Waals surface area contributed by atoms with Crippen molar-refractivity contribution in [3.63, 3.8) is 0 Å². The second kappa shape index (κ2) is 9.86. The maximum absolute atomic E-state index is 12.8. The van der Waals surface area contributed by atoms with E-state index in [0.717, 1.165) is 5.56 Å². The molecule has 1 atom stereocenters. The van der Waals surface area contributed by atoms with Crippen molar-refractivity contribution in [2.45, 2.75) is 26.7 Å². The molecule has 0 radical (unpaired) electrons. The number of rotatable bonds is 8. The third-order valence-corrected chi connectivity index (χ3v) is 4.75. The molecular formula is C23H23N3O6. The third kappa shape index (κ3) is 5.00. The summed E-state index contributed by atoms with van der Waals surface area (Å²) in [6.07, 6.45) is 0. The topological polar surface area (TPSA) is 114 Å². The van der Waals surface area contributed by atoms with Crippen LogP contribution in [0, 0.1) is 17.0 Å². The first-order valence-corrected chi connectivity index (χ1v) is 10.0. The van der Waals surface area contributed by atoms with Gasteiger partial charge in [0.05, 0.1) is 23.8 Å². The first kappa shape index (κ1) is 22.7. The van der Waals surface area contributed by atoms with E-state index in [1.807, 2.05) is 19.1 Å². The van der Waals surface area contributed by atoms with Crippen molar-refractivity contribution >= 4 is 11.9 Å². The predicted octanol–water partition coefficient (Wildman–Crippen LogP) is 3.69. The Morgan fingerprint density at radius 3 is 2.34 bits per heavy atom. The van der Waals surface area contributed by atoms with Crippen LogP contribution in [0.2, 0.25) is 0 Å². The summed E-state index contributed by atoms with van der Waals surface area (Å²) in [6.45, 7) is 4.32. The van der Waals surface area contributed by atoms with Crippen molar-refractivity contribution in [1.82, 2.24) is 9.78 Å². The standard InChI is InChI=1S/C23H23N3O6/c1-4-31-23(28)21-20(19(14-25(29)30)17-8-6-5-7-9-17)22(32-16(3)27)26(24-21)18-12-10-15(2)11-13-18/h5-13,19H,4,14H2,1-3H3/t19-/m1/s1. The van der Waals surface area contributed by atoms with Gasteiger partial charge < -0.3 is 9.47 Å². The molecule has 0 fully saturated rings. The quantitative estimate of drug-likeness (QED) is 0.300. The molecule has 166 valence electrons. The van der Waals surface area contributed by atoms with Gasteiger partial charge in [-0.05, 0) is 31.5 Å². The molecule has 3 aromatic rings. The van der Waals surface area contributed by atoms with Crippen LogP contribution in [0.1, 0.15) is 46.9 Å². The number of hydrogen-bond acceptors (Lipinski definition) is 7. The first-order valence-electron chi connectivity index (χ1n) is 10.0. The molecule has 1 heterocycles. The van der Waals surface area contributed by atoms with Crippen LogP contribution in [-0.2, 0) is 9.53 Å². The number of esters is 2. The molecule has 9 nitrogen and oxygen atoms in total. The second-order valence-corrected chi connectivity index (χ2v) is 7.11. The summed E-state index contributed by atoms with van der Waals surface area (Å²) < 4.78 is 12.0. The number of aromatic nitrogens is 2. The SMILES string of the molecule is CCOC(=O)c1nn(-c2ccc(C)cc2)c(OC(C)=O)c1[C@H](C[N+](=O)[O-])c1ccccc1. The zero-order valence-corrected chi connectivity index (χ0v) is 18.0. The van der Waals surface area contributed by atoms with Gasteiger partial charge in [0.25, 0.3) is 0 Å². The fraction of sp³-hybridized carbons (Fsp3) is 0.261. The second-order valence-electron chi connectivity index (χ2n) is 7.11. The highest BCUT2D eigenvalue weighted by molar-refractivity contribution is 5.90. The number of benzene rings is 2. The Balaban J connectivity index is 2.33. The Bertz CT molecular complexity index is 1120. The molecule has 2 aromatic carbocycles. The normalized spacial score (nSPS) is 11.6. The summed E-state index contributed by atoms with van der Waals surface area (Å²) in [5.41, 5.74) is 2.08. The highest BCUT2D eigenvalue weighted by atomic mass is 16.6. The number of carbonyl (C=O) groups excluding carboxylic acids is 2.